The molecule has 1 heterocycles. The van der Waals surface area contributed by atoms with Gasteiger partial charge in [-0.05, 0) is 30.5 Å². The lowest BCUT2D eigenvalue weighted by atomic mass is 10.1. The largest absolute Gasteiger partial charge is 0.370 e. The highest BCUT2D eigenvalue weighted by Crippen LogP contribution is 2.20. The molecule has 1 saturated heterocycles. The fourth-order valence-electron chi connectivity index (χ4n) is 3.95. The molecule has 1 unspecified atom stereocenters. The summed E-state index contributed by atoms with van der Waals surface area (Å²) in [4.78, 5) is 28.7. The van der Waals surface area contributed by atoms with Crippen LogP contribution >= 0.6 is 0 Å². The molecule has 1 atom stereocenters. The third-order valence-electron chi connectivity index (χ3n) is 5.47. The minimum atomic E-state index is -0.336. The molecule has 0 bridgehead atoms. The van der Waals surface area contributed by atoms with E-state index in [0.29, 0.717) is 6.54 Å². The van der Waals surface area contributed by atoms with Crippen molar-refractivity contribution >= 4 is 17.5 Å². The van der Waals surface area contributed by atoms with Crippen LogP contribution in [0, 0.1) is 13.8 Å². The molecule has 3 rings (SSSR count). The van der Waals surface area contributed by atoms with Gasteiger partial charge in [-0.3, -0.25) is 19.4 Å². The van der Waals surface area contributed by atoms with Gasteiger partial charge in [0.1, 0.15) is 0 Å². The molecule has 29 heavy (non-hydrogen) atoms. The summed E-state index contributed by atoms with van der Waals surface area (Å²) in [6.07, 6.45) is 0.252. The molecule has 2 amide bonds. The molecule has 0 spiro atoms. The molecule has 154 valence electrons. The molecule has 1 aliphatic heterocycles. The number of anilines is 1. The Labute approximate surface area is 172 Å². The Bertz CT molecular complexity index is 833. The highest BCUT2D eigenvalue weighted by molar-refractivity contribution is 5.93. The number of carbonyl (C=O) groups excluding carboxylic acids is 2. The predicted octanol–water partition coefficient (Wildman–Crippen LogP) is 2.30. The summed E-state index contributed by atoms with van der Waals surface area (Å²) in [5.41, 5.74) is 9.69. The van der Waals surface area contributed by atoms with Crippen molar-refractivity contribution in [2.75, 3.05) is 31.5 Å². The maximum atomic E-state index is 12.7. The number of primary amides is 1. The quantitative estimate of drug-likeness (QED) is 0.755. The summed E-state index contributed by atoms with van der Waals surface area (Å²) in [5, 5.41) is 3.04. The Kier molecular flexibility index (Phi) is 7.01. The summed E-state index contributed by atoms with van der Waals surface area (Å²) < 4.78 is 0. The van der Waals surface area contributed by atoms with Gasteiger partial charge >= 0.3 is 0 Å². The van der Waals surface area contributed by atoms with Crippen molar-refractivity contribution in [1.29, 1.82) is 0 Å². The standard InChI is InChI=1S/C23H30N4O2/c1-17-7-6-8-18(2)23(17)25-22(29)16-27-12-11-26(15-20(27)13-21(24)28)14-19-9-4-3-5-10-19/h3-10,20H,11-16H2,1-2H3,(H2,24,28)(H,25,29). The first kappa shape index (κ1) is 21.0. The number of aryl methyl sites for hydroxylation is 2. The number of amides is 2. The Morgan fingerprint density at radius 3 is 2.38 bits per heavy atom. The van der Waals surface area contributed by atoms with E-state index in [1.165, 1.54) is 5.56 Å². The third-order valence-corrected chi connectivity index (χ3v) is 5.47. The van der Waals surface area contributed by atoms with Gasteiger partial charge < -0.3 is 11.1 Å². The van der Waals surface area contributed by atoms with Crippen LogP contribution in [0.3, 0.4) is 0 Å². The zero-order chi connectivity index (χ0) is 20.8. The van der Waals surface area contributed by atoms with Gasteiger partial charge in [0.2, 0.25) is 11.8 Å². The lowest BCUT2D eigenvalue weighted by Gasteiger charge is -2.40. The Morgan fingerprint density at radius 2 is 1.72 bits per heavy atom. The third kappa shape index (κ3) is 5.89. The van der Waals surface area contributed by atoms with E-state index >= 15 is 0 Å². The molecular weight excluding hydrogens is 364 g/mol. The van der Waals surface area contributed by atoms with Crippen LogP contribution in [0.1, 0.15) is 23.1 Å². The molecule has 0 aromatic heterocycles. The van der Waals surface area contributed by atoms with E-state index in [1.807, 2.05) is 50.2 Å². The number of nitrogens with zero attached hydrogens (tertiary/aromatic N) is 2. The predicted molar refractivity (Wildman–Crippen MR) is 115 cm³/mol. The summed E-state index contributed by atoms with van der Waals surface area (Å²) in [6.45, 7) is 7.35. The Morgan fingerprint density at radius 1 is 1.03 bits per heavy atom. The highest BCUT2D eigenvalue weighted by Gasteiger charge is 2.29. The van der Waals surface area contributed by atoms with Crippen molar-refractivity contribution in [3.05, 3.63) is 65.2 Å². The van der Waals surface area contributed by atoms with Gasteiger partial charge in [-0.1, -0.05) is 48.5 Å². The van der Waals surface area contributed by atoms with Gasteiger partial charge in [0.05, 0.1) is 6.54 Å². The second-order valence-corrected chi connectivity index (χ2v) is 7.83. The van der Waals surface area contributed by atoms with Crippen molar-refractivity contribution in [3.63, 3.8) is 0 Å². The fourth-order valence-corrected chi connectivity index (χ4v) is 3.95. The van der Waals surface area contributed by atoms with Crippen LogP contribution < -0.4 is 11.1 Å². The van der Waals surface area contributed by atoms with Crippen LogP contribution in [-0.4, -0.2) is 53.8 Å². The number of carbonyl (C=O) groups is 2. The molecule has 0 aliphatic carbocycles. The summed E-state index contributed by atoms with van der Waals surface area (Å²) in [6, 6.07) is 16.2. The van der Waals surface area contributed by atoms with Gasteiger partial charge in [0, 0.05) is 44.3 Å². The van der Waals surface area contributed by atoms with Crippen molar-refractivity contribution < 1.29 is 9.59 Å². The molecule has 2 aromatic carbocycles. The van der Waals surface area contributed by atoms with Crippen LogP contribution in [0.25, 0.3) is 0 Å². The van der Waals surface area contributed by atoms with Crippen molar-refractivity contribution in [2.24, 2.45) is 5.73 Å². The highest BCUT2D eigenvalue weighted by atomic mass is 16.2. The van der Waals surface area contributed by atoms with Crippen molar-refractivity contribution in [3.8, 4) is 0 Å². The van der Waals surface area contributed by atoms with E-state index in [1.54, 1.807) is 0 Å². The first-order valence-electron chi connectivity index (χ1n) is 10.1. The summed E-state index contributed by atoms with van der Waals surface area (Å²) in [5.74, 6) is -0.398. The molecule has 1 fully saturated rings. The van der Waals surface area contributed by atoms with E-state index in [2.05, 4.69) is 27.2 Å². The van der Waals surface area contributed by atoms with E-state index in [4.69, 9.17) is 5.73 Å². The zero-order valence-corrected chi connectivity index (χ0v) is 17.2. The maximum Gasteiger partial charge on any atom is 0.238 e. The van der Waals surface area contributed by atoms with Gasteiger partial charge in [-0.2, -0.15) is 0 Å². The van der Waals surface area contributed by atoms with Crippen LogP contribution in [0.5, 0.6) is 0 Å². The molecule has 6 heteroatoms. The van der Waals surface area contributed by atoms with Crippen LogP contribution in [-0.2, 0) is 16.1 Å². The summed E-state index contributed by atoms with van der Waals surface area (Å²) in [7, 11) is 0. The molecule has 0 radical (unpaired) electrons. The van der Waals surface area contributed by atoms with E-state index in [9.17, 15) is 9.59 Å². The molecular formula is C23H30N4O2. The topological polar surface area (TPSA) is 78.7 Å². The van der Waals surface area contributed by atoms with E-state index in [0.717, 1.165) is 36.4 Å². The lowest BCUT2D eigenvalue weighted by molar-refractivity contribution is -0.123. The normalized spacial score (nSPS) is 17.8. The first-order chi connectivity index (χ1) is 13.9. The number of hydrogen-bond donors (Lipinski definition) is 2. The zero-order valence-electron chi connectivity index (χ0n) is 17.2. The summed E-state index contributed by atoms with van der Waals surface area (Å²) >= 11 is 0. The SMILES string of the molecule is Cc1cccc(C)c1NC(=O)CN1CCN(Cc2ccccc2)CC1CC(N)=O. The fraction of sp³-hybridized carbons (Fsp3) is 0.391. The van der Waals surface area contributed by atoms with Crippen LogP contribution in [0.15, 0.2) is 48.5 Å². The monoisotopic (exact) mass is 394 g/mol. The van der Waals surface area contributed by atoms with Gasteiger partial charge in [0.25, 0.3) is 0 Å². The number of piperazine rings is 1. The average Bonchev–Trinajstić information content (AvgIpc) is 2.67. The molecule has 1 aliphatic rings. The van der Waals surface area contributed by atoms with E-state index in [-0.39, 0.29) is 30.8 Å². The van der Waals surface area contributed by atoms with Crippen molar-refractivity contribution in [2.45, 2.75) is 32.9 Å². The smallest absolute Gasteiger partial charge is 0.238 e. The van der Waals surface area contributed by atoms with Gasteiger partial charge in [0.15, 0.2) is 0 Å². The van der Waals surface area contributed by atoms with Crippen molar-refractivity contribution in [1.82, 2.24) is 9.80 Å². The first-order valence-corrected chi connectivity index (χ1v) is 10.1. The second kappa shape index (κ2) is 9.67. The van der Waals surface area contributed by atoms with Gasteiger partial charge in [-0.15, -0.1) is 0 Å². The number of rotatable bonds is 7. The number of para-hydroxylation sites is 1. The Balaban J connectivity index is 1.63. The minimum Gasteiger partial charge on any atom is -0.370 e. The number of nitrogens with two attached hydrogens (primary N) is 1. The van der Waals surface area contributed by atoms with Crippen LogP contribution in [0.2, 0.25) is 0 Å². The lowest BCUT2D eigenvalue weighted by Crippen LogP contribution is -2.55. The van der Waals surface area contributed by atoms with E-state index < -0.39 is 0 Å². The van der Waals surface area contributed by atoms with Crippen LogP contribution in [0.4, 0.5) is 5.69 Å². The molecule has 3 N–H and O–H groups in total. The minimum absolute atomic E-state index is 0.0614. The Hall–Kier alpha value is -2.70. The maximum absolute atomic E-state index is 12.7. The number of hydrogen-bond acceptors (Lipinski definition) is 4. The molecule has 6 nitrogen and oxygen atoms in total. The molecule has 0 saturated carbocycles. The number of benzene rings is 2. The number of nitrogens with one attached hydrogen (secondary N) is 1. The van der Waals surface area contributed by atoms with Gasteiger partial charge in [-0.25, -0.2) is 0 Å². The second-order valence-electron chi connectivity index (χ2n) is 7.83. The average molecular weight is 395 g/mol. The molecule has 2 aromatic rings.